The Balaban J connectivity index is 2.14. The molecule has 0 fully saturated rings. The molecule has 0 spiro atoms. The number of benzene rings is 1. The van der Waals surface area contributed by atoms with Crippen LogP contribution in [0.15, 0.2) is 36.7 Å². The van der Waals surface area contributed by atoms with E-state index in [9.17, 15) is 4.79 Å². The van der Waals surface area contributed by atoms with E-state index in [4.69, 9.17) is 4.74 Å². The molecule has 116 valence electrons. The lowest BCUT2D eigenvalue weighted by Crippen LogP contribution is -2.30. The maximum atomic E-state index is 12.2. The Bertz CT molecular complexity index is 624. The van der Waals surface area contributed by atoms with E-state index >= 15 is 0 Å². The highest BCUT2D eigenvalue weighted by atomic mass is 16.5. The first-order valence-corrected chi connectivity index (χ1v) is 7.21. The van der Waals surface area contributed by atoms with Crippen molar-refractivity contribution >= 4 is 17.5 Å². The summed E-state index contributed by atoms with van der Waals surface area (Å²) in [6.45, 7) is 5.22. The molecule has 2 aromatic rings. The van der Waals surface area contributed by atoms with Crippen molar-refractivity contribution in [1.82, 2.24) is 14.9 Å². The van der Waals surface area contributed by atoms with Crippen LogP contribution in [0.25, 0.3) is 0 Å². The van der Waals surface area contributed by atoms with Crippen LogP contribution in [0, 0.1) is 0 Å². The molecular formula is C16H20N4O2. The Morgan fingerprint density at radius 1 is 1.18 bits per heavy atom. The number of nitrogens with zero attached hydrogens (tertiary/aromatic N) is 3. The first kappa shape index (κ1) is 15.8. The van der Waals surface area contributed by atoms with E-state index < -0.39 is 0 Å². The smallest absolute Gasteiger partial charge is 0.256 e. The minimum absolute atomic E-state index is 0.0613. The van der Waals surface area contributed by atoms with Crippen LogP contribution in [-0.4, -0.2) is 41.0 Å². The maximum Gasteiger partial charge on any atom is 0.256 e. The average Bonchev–Trinajstić information content (AvgIpc) is 2.57. The van der Waals surface area contributed by atoms with Gasteiger partial charge in [0.25, 0.3) is 5.91 Å². The molecule has 0 atom stereocenters. The minimum atomic E-state index is -0.0613. The summed E-state index contributed by atoms with van der Waals surface area (Å²) < 4.78 is 5.26. The van der Waals surface area contributed by atoms with Crippen LogP contribution in [0.1, 0.15) is 24.2 Å². The summed E-state index contributed by atoms with van der Waals surface area (Å²) >= 11 is 0. The van der Waals surface area contributed by atoms with Crippen molar-refractivity contribution in [3.63, 3.8) is 0 Å². The molecule has 0 aliphatic rings. The third-order valence-electron chi connectivity index (χ3n) is 3.30. The zero-order chi connectivity index (χ0) is 15.9. The number of hydrogen-bond donors (Lipinski definition) is 1. The fourth-order valence-corrected chi connectivity index (χ4v) is 2.06. The normalized spacial score (nSPS) is 10.1. The molecule has 0 unspecified atom stereocenters. The number of amides is 1. The number of para-hydroxylation sites is 2. The van der Waals surface area contributed by atoms with Gasteiger partial charge in [-0.1, -0.05) is 12.1 Å². The van der Waals surface area contributed by atoms with E-state index in [-0.39, 0.29) is 5.91 Å². The molecule has 0 bridgehead atoms. The van der Waals surface area contributed by atoms with E-state index in [1.54, 1.807) is 12.0 Å². The van der Waals surface area contributed by atoms with Gasteiger partial charge in [0.05, 0.1) is 18.4 Å². The Kier molecular flexibility index (Phi) is 5.30. The molecule has 1 heterocycles. The topological polar surface area (TPSA) is 67.4 Å². The minimum Gasteiger partial charge on any atom is -0.495 e. The standard InChI is InChI=1S/C16H20N4O2/c1-4-20(5-2)15(21)12-10-17-16(18-11-12)19-13-8-6-7-9-14(13)22-3/h6-11H,4-5H2,1-3H3,(H,17,18,19). The molecule has 0 radical (unpaired) electrons. The molecule has 1 aromatic carbocycles. The van der Waals surface area contributed by atoms with Gasteiger partial charge in [-0.3, -0.25) is 4.79 Å². The quantitative estimate of drug-likeness (QED) is 0.888. The van der Waals surface area contributed by atoms with Gasteiger partial charge in [0.1, 0.15) is 5.75 Å². The summed E-state index contributed by atoms with van der Waals surface area (Å²) in [6, 6.07) is 7.50. The zero-order valence-electron chi connectivity index (χ0n) is 13.0. The maximum absolute atomic E-state index is 12.2. The molecule has 6 nitrogen and oxygen atoms in total. The molecule has 22 heavy (non-hydrogen) atoms. The van der Waals surface area contributed by atoms with Crippen molar-refractivity contribution in [1.29, 1.82) is 0 Å². The summed E-state index contributed by atoms with van der Waals surface area (Å²) in [5, 5.41) is 3.07. The van der Waals surface area contributed by atoms with Crippen LogP contribution in [-0.2, 0) is 0 Å². The summed E-state index contributed by atoms with van der Waals surface area (Å²) in [7, 11) is 1.60. The van der Waals surface area contributed by atoms with Gasteiger partial charge < -0.3 is 15.0 Å². The summed E-state index contributed by atoms with van der Waals surface area (Å²) in [4.78, 5) is 22.3. The lowest BCUT2D eigenvalue weighted by molar-refractivity contribution is 0.0772. The molecular weight excluding hydrogens is 280 g/mol. The third kappa shape index (κ3) is 3.52. The number of nitrogens with one attached hydrogen (secondary N) is 1. The number of aromatic nitrogens is 2. The second-order valence-corrected chi connectivity index (χ2v) is 4.60. The number of methoxy groups -OCH3 is 1. The van der Waals surface area contributed by atoms with Crippen LogP contribution < -0.4 is 10.1 Å². The number of carbonyl (C=O) groups is 1. The van der Waals surface area contributed by atoms with Crippen LogP contribution in [0.2, 0.25) is 0 Å². The fraction of sp³-hybridized carbons (Fsp3) is 0.312. The van der Waals surface area contributed by atoms with Gasteiger partial charge in [-0.05, 0) is 26.0 Å². The molecule has 2 rings (SSSR count). The van der Waals surface area contributed by atoms with Gasteiger partial charge in [-0.2, -0.15) is 0 Å². The third-order valence-corrected chi connectivity index (χ3v) is 3.30. The number of rotatable bonds is 6. The Morgan fingerprint density at radius 3 is 2.41 bits per heavy atom. The van der Waals surface area contributed by atoms with Crippen molar-refractivity contribution in [2.24, 2.45) is 0 Å². The highest BCUT2D eigenvalue weighted by molar-refractivity contribution is 5.93. The summed E-state index contributed by atoms with van der Waals surface area (Å²) in [5.74, 6) is 1.06. The largest absolute Gasteiger partial charge is 0.495 e. The Hall–Kier alpha value is -2.63. The predicted molar refractivity (Wildman–Crippen MR) is 85.6 cm³/mol. The number of ether oxygens (including phenoxy) is 1. The van der Waals surface area contributed by atoms with Gasteiger partial charge in [0, 0.05) is 25.5 Å². The Morgan fingerprint density at radius 2 is 1.82 bits per heavy atom. The van der Waals surface area contributed by atoms with Crippen molar-refractivity contribution in [3.8, 4) is 5.75 Å². The Labute approximate surface area is 130 Å². The summed E-state index contributed by atoms with van der Waals surface area (Å²) in [5.41, 5.74) is 1.25. The molecule has 0 saturated heterocycles. The summed E-state index contributed by atoms with van der Waals surface area (Å²) in [6.07, 6.45) is 3.07. The van der Waals surface area contributed by atoms with E-state index in [2.05, 4.69) is 15.3 Å². The lowest BCUT2D eigenvalue weighted by atomic mass is 10.3. The van der Waals surface area contributed by atoms with Gasteiger partial charge in [-0.15, -0.1) is 0 Å². The first-order chi connectivity index (χ1) is 10.7. The molecule has 6 heteroatoms. The second kappa shape index (κ2) is 7.40. The first-order valence-electron chi connectivity index (χ1n) is 7.21. The van der Waals surface area contributed by atoms with Crippen LogP contribution in [0.5, 0.6) is 5.75 Å². The van der Waals surface area contributed by atoms with E-state index in [1.807, 2.05) is 38.1 Å². The van der Waals surface area contributed by atoms with E-state index in [0.717, 1.165) is 5.69 Å². The van der Waals surface area contributed by atoms with Crippen LogP contribution in [0.3, 0.4) is 0 Å². The number of carbonyl (C=O) groups excluding carboxylic acids is 1. The number of hydrogen-bond acceptors (Lipinski definition) is 5. The molecule has 1 amide bonds. The average molecular weight is 300 g/mol. The van der Waals surface area contributed by atoms with Crippen molar-refractivity contribution in [2.75, 3.05) is 25.5 Å². The lowest BCUT2D eigenvalue weighted by Gasteiger charge is -2.18. The van der Waals surface area contributed by atoms with Gasteiger partial charge >= 0.3 is 0 Å². The molecule has 0 aliphatic carbocycles. The van der Waals surface area contributed by atoms with Gasteiger partial charge in [-0.25, -0.2) is 9.97 Å². The number of anilines is 2. The van der Waals surface area contributed by atoms with Gasteiger partial charge in [0.15, 0.2) is 0 Å². The molecule has 1 aromatic heterocycles. The molecule has 1 N–H and O–H groups in total. The predicted octanol–water partition coefficient (Wildman–Crippen LogP) is 2.71. The monoisotopic (exact) mass is 300 g/mol. The van der Waals surface area contributed by atoms with E-state index in [1.165, 1.54) is 12.4 Å². The molecule has 0 saturated carbocycles. The fourth-order valence-electron chi connectivity index (χ4n) is 2.06. The highest BCUT2D eigenvalue weighted by Gasteiger charge is 2.13. The van der Waals surface area contributed by atoms with Crippen molar-refractivity contribution < 1.29 is 9.53 Å². The second-order valence-electron chi connectivity index (χ2n) is 4.60. The highest BCUT2D eigenvalue weighted by Crippen LogP contribution is 2.25. The van der Waals surface area contributed by atoms with Crippen LogP contribution in [0.4, 0.5) is 11.6 Å². The van der Waals surface area contributed by atoms with Crippen molar-refractivity contribution in [2.45, 2.75) is 13.8 Å². The van der Waals surface area contributed by atoms with E-state index in [0.29, 0.717) is 30.4 Å². The van der Waals surface area contributed by atoms with Crippen LogP contribution >= 0.6 is 0 Å². The molecule has 0 aliphatic heterocycles. The van der Waals surface area contributed by atoms with Crippen molar-refractivity contribution in [3.05, 3.63) is 42.2 Å². The van der Waals surface area contributed by atoms with Gasteiger partial charge in [0.2, 0.25) is 5.95 Å². The zero-order valence-corrected chi connectivity index (χ0v) is 13.0. The SMILES string of the molecule is CCN(CC)C(=O)c1cnc(Nc2ccccc2OC)nc1.